The third kappa shape index (κ3) is 5.40. The summed E-state index contributed by atoms with van der Waals surface area (Å²) < 4.78 is 25.8. The van der Waals surface area contributed by atoms with Crippen LogP contribution in [0.5, 0.6) is 0 Å². The summed E-state index contributed by atoms with van der Waals surface area (Å²) in [5.74, 6) is 7.16. The molecule has 214 valence electrons. The van der Waals surface area contributed by atoms with Crippen LogP contribution in [0.3, 0.4) is 0 Å². The van der Waals surface area contributed by atoms with Crippen LogP contribution in [0.4, 0.5) is 0 Å². The Labute approximate surface area is 235 Å². The first-order chi connectivity index (χ1) is 18.0. The van der Waals surface area contributed by atoms with Gasteiger partial charge in [0.05, 0.1) is 10.6 Å². The van der Waals surface area contributed by atoms with Crippen molar-refractivity contribution in [2.24, 2.45) is 58.2 Å². The van der Waals surface area contributed by atoms with Crippen molar-refractivity contribution in [2.75, 3.05) is 5.75 Å². The van der Waals surface area contributed by atoms with Crippen LogP contribution in [0, 0.1) is 58.2 Å². The van der Waals surface area contributed by atoms with Gasteiger partial charge in [-0.2, -0.15) is 0 Å². The van der Waals surface area contributed by atoms with Crippen LogP contribution >= 0.6 is 0 Å². The van der Waals surface area contributed by atoms with Gasteiger partial charge in [-0.05, 0) is 135 Å². The molecule has 0 bridgehead atoms. The van der Waals surface area contributed by atoms with E-state index in [1.165, 1.54) is 77.0 Å². The average molecular weight is 541 g/mol. The molecule has 0 aliphatic heterocycles. The van der Waals surface area contributed by atoms with Crippen LogP contribution in [0.1, 0.15) is 118 Å². The Morgan fingerprint density at radius 2 is 1.55 bits per heavy atom. The average Bonchev–Trinajstić information content (AvgIpc) is 3.25. The van der Waals surface area contributed by atoms with Crippen molar-refractivity contribution in [3.05, 3.63) is 30.3 Å². The van der Waals surface area contributed by atoms with E-state index < -0.39 is 9.84 Å². The molecule has 1 aromatic carbocycles. The minimum absolute atomic E-state index is 0.314. The zero-order valence-electron chi connectivity index (χ0n) is 25.1. The van der Waals surface area contributed by atoms with E-state index in [0.29, 0.717) is 27.4 Å². The van der Waals surface area contributed by atoms with E-state index in [0.717, 1.165) is 47.8 Å². The molecule has 4 aliphatic rings. The van der Waals surface area contributed by atoms with Crippen LogP contribution in [0.25, 0.3) is 0 Å². The number of fused-ring (bicyclic) bond motifs is 5. The molecule has 0 N–H and O–H groups in total. The maximum Gasteiger partial charge on any atom is 0.178 e. The van der Waals surface area contributed by atoms with Gasteiger partial charge >= 0.3 is 0 Å². The molecule has 2 nitrogen and oxygen atoms in total. The van der Waals surface area contributed by atoms with Crippen molar-refractivity contribution in [3.8, 4) is 0 Å². The van der Waals surface area contributed by atoms with Crippen LogP contribution < -0.4 is 0 Å². The molecular weight excluding hydrogens is 484 g/mol. The second-order valence-electron chi connectivity index (χ2n) is 15.2. The molecule has 4 saturated carbocycles. The van der Waals surface area contributed by atoms with Crippen molar-refractivity contribution in [1.82, 2.24) is 0 Å². The summed E-state index contributed by atoms with van der Waals surface area (Å²) in [6.45, 7) is 12.7. The Morgan fingerprint density at radius 1 is 0.842 bits per heavy atom. The summed E-state index contributed by atoms with van der Waals surface area (Å²) in [6, 6.07) is 9.08. The van der Waals surface area contributed by atoms with Crippen LogP contribution in [-0.4, -0.2) is 14.2 Å². The van der Waals surface area contributed by atoms with Crippen molar-refractivity contribution in [2.45, 2.75) is 123 Å². The quantitative estimate of drug-likeness (QED) is 0.312. The first-order valence-corrected chi connectivity index (χ1v) is 18.0. The molecule has 0 aromatic heterocycles. The molecule has 0 saturated heterocycles. The zero-order valence-corrected chi connectivity index (χ0v) is 25.9. The van der Waals surface area contributed by atoms with E-state index >= 15 is 0 Å². The van der Waals surface area contributed by atoms with Crippen molar-refractivity contribution >= 4 is 9.84 Å². The predicted octanol–water partition coefficient (Wildman–Crippen LogP) is 9.59. The Morgan fingerprint density at radius 3 is 2.29 bits per heavy atom. The predicted molar refractivity (Wildman–Crippen MR) is 160 cm³/mol. The minimum atomic E-state index is -3.16. The number of hydrogen-bond acceptors (Lipinski definition) is 2. The summed E-state index contributed by atoms with van der Waals surface area (Å²) in [4.78, 5) is 0.496. The Bertz CT molecular complexity index is 1030. The van der Waals surface area contributed by atoms with Gasteiger partial charge in [0, 0.05) is 0 Å². The summed E-state index contributed by atoms with van der Waals surface area (Å²) in [6.07, 6.45) is 17.6. The van der Waals surface area contributed by atoms with Gasteiger partial charge in [0.15, 0.2) is 9.84 Å². The van der Waals surface area contributed by atoms with Gasteiger partial charge in [-0.1, -0.05) is 72.1 Å². The molecule has 0 amide bonds. The normalized spacial score (nSPS) is 39.8. The standard InChI is InChI=1S/C35H56O2S/c1-25(2)10-9-11-26(3)31-16-17-32-30-15-14-28-24-27(20-23-38(36,37)29-12-7-6-8-13-29)18-21-34(28,4)33(30)19-22-35(31,32)5/h6-8,12-13,25-28,30-33H,9-11,14-24H2,1-5H3/t26-,27-,28?,30+,31-,32+,33+,34+,35-/m1/s1. The lowest BCUT2D eigenvalue weighted by Crippen LogP contribution is -2.53. The summed E-state index contributed by atoms with van der Waals surface area (Å²) in [5.41, 5.74) is 1.06. The second-order valence-corrected chi connectivity index (χ2v) is 17.4. The zero-order chi connectivity index (χ0) is 27.1. The lowest BCUT2D eigenvalue weighted by Gasteiger charge is -2.61. The monoisotopic (exact) mass is 540 g/mol. The van der Waals surface area contributed by atoms with Crippen molar-refractivity contribution < 1.29 is 8.42 Å². The first kappa shape index (κ1) is 28.7. The first-order valence-electron chi connectivity index (χ1n) is 16.3. The summed E-state index contributed by atoms with van der Waals surface area (Å²) in [7, 11) is -3.16. The van der Waals surface area contributed by atoms with Gasteiger partial charge in [-0.15, -0.1) is 0 Å². The van der Waals surface area contributed by atoms with E-state index in [9.17, 15) is 8.42 Å². The fourth-order valence-corrected chi connectivity index (χ4v) is 12.2. The molecule has 0 radical (unpaired) electrons. The number of hydrogen-bond donors (Lipinski definition) is 0. The lowest BCUT2D eigenvalue weighted by molar-refractivity contribution is -0.121. The molecule has 0 spiro atoms. The molecule has 9 atom stereocenters. The van der Waals surface area contributed by atoms with E-state index in [4.69, 9.17) is 0 Å². The van der Waals surface area contributed by atoms with Gasteiger partial charge in [0.25, 0.3) is 0 Å². The highest BCUT2D eigenvalue weighted by molar-refractivity contribution is 7.91. The third-order valence-corrected chi connectivity index (χ3v) is 14.6. The summed E-state index contributed by atoms with van der Waals surface area (Å²) in [5, 5.41) is 0. The minimum Gasteiger partial charge on any atom is -0.224 e. The highest BCUT2D eigenvalue weighted by Crippen LogP contribution is 2.68. The van der Waals surface area contributed by atoms with Crippen LogP contribution in [0.2, 0.25) is 0 Å². The maximum absolute atomic E-state index is 12.9. The highest BCUT2D eigenvalue weighted by Gasteiger charge is 2.60. The van der Waals surface area contributed by atoms with Crippen molar-refractivity contribution in [3.63, 3.8) is 0 Å². The van der Waals surface area contributed by atoms with E-state index in [-0.39, 0.29) is 0 Å². The Balaban J connectivity index is 1.20. The van der Waals surface area contributed by atoms with E-state index in [1.54, 1.807) is 12.1 Å². The fraction of sp³-hybridized carbons (Fsp3) is 0.829. The van der Waals surface area contributed by atoms with Gasteiger partial charge in [-0.3, -0.25) is 0 Å². The highest BCUT2D eigenvalue weighted by atomic mass is 32.2. The fourth-order valence-electron chi connectivity index (χ4n) is 10.7. The van der Waals surface area contributed by atoms with Gasteiger partial charge in [-0.25, -0.2) is 8.42 Å². The molecule has 1 unspecified atom stereocenters. The van der Waals surface area contributed by atoms with Gasteiger partial charge in [0.1, 0.15) is 0 Å². The van der Waals surface area contributed by atoms with E-state index in [2.05, 4.69) is 34.6 Å². The lowest BCUT2D eigenvalue weighted by atomic mass is 9.44. The van der Waals surface area contributed by atoms with Gasteiger partial charge in [0.2, 0.25) is 0 Å². The molecule has 5 rings (SSSR count). The number of benzene rings is 1. The Kier molecular flexibility index (Phi) is 8.46. The smallest absolute Gasteiger partial charge is 0.178 e. The molecule has 3 heteroatoms. The maximum atomic E-state index is 12.9. The van der Waals surface area contributed by atoms with Crippen LogP contribution in [0.15, 0.2) is 35.2 Å². The van der Waals surface area contributed by atoms with Crippen molar-refractivity contribution in [1.29, 1.82) is 0 Å². The SMILES string of the molecule is CC(C)CCC[C@@H](C)[C@H]1CC[C@H]2[C@@H]3CCC4C[C@@H](CCS(=O)(=O)c5ccccc5)CC[C@]4(C)[C@H]3CC[C@]12C. The largest absolute Gasteiger partial charge is 0.224 e. The number of rotatable bonds is 9. The second kappa shape index (κ2) is 11.2. The topological polar surface area (TPSA) is 34.1 Å². The molecule has 0 heterocycles. The van der Waals surface area contributed by atoms with E-state index in [1.807, 2.05) is 18.2 Å². The molecular formula is C35H56O2S. The van der Waals surface area contributed by atoms with Crippen LogP contribution in [-0.2, 0) is 9.84 Å². The Hall–Kier alpha value is -0.830. The van der Waals surface area contributed by atoms with Gasteiger partial charge < -0.3 is 0 Å². The molecule has 4 fully saturated rings. The molecule has 1 aromatic rings. The molecule has 4 aliphatic carbocycles. The number of sulfone groups is 1. The molecule has 38 heavy (non-hydrogen) atoms. The third-order valence-electron chi connectivity index (χ3n) is 12.9. The summed E-state index contributed by atoms with van der Waals surface area (Å²) >= 11 is 0.